The number of nitrogens with zero attached hydrogens (tertiary/aromatic N) is 2. The van der Waals surface area contributed by atoms with Gasteiger partial charge in [-0.3, -0.25) is 0 Å². The topological polar surface area (TPSA) is 28.7 Å². The molecule has 11 aromatic rings. The number of hydrogen-bond donors (Lipinski definition) is 0. The standard InChI is InChI=1S/C64H48N2/c1-63(2,3)56-34-33-54(45-14-6-7-15-46(45)56)62-52-19-10-8-17-50(52)61(51-18-9-11-20-53(51)62)43-28-32-48-47-31-26-41(37-57(47)64(4,5)58(48)38-43)23-22-40-24-29-44(30-25-40)66-59-21-13-12-16-49(59)55-36-42(39-65)27-35-60(55)66/h6-38H,1-5H3. The van der Waals surface area contributed by atoms with Crippen LogP contribution in [-0.4, -0.2) is 4.57 Å². The summed E-state index contributed by atoms with van der Waals surface area (Å²) in [6, 6.07) is 71.4. The highest BCUT2D eigenvalue weighted by atomic mass is 15.0. The molecule has 0 radical (unpaired) electrons. The van der Waals surface area contributed by atoms with Crippen molar-refractivity contribution < 1.29 is 0 Å². The van der Waals surface area contributed by atoms with Crippen LogP contribution in [0, 0.1) is 11.3 Å². The summed E-state index contributed by atoms with van der Waals surface area (Å²) in [5, 5.41) is 19.5. The van der Waals surface area contributed by atoms with E-state index in [2.05, 4.69) is 233 Å². The van der Waals surface area contributed by atoms with Gasteiger partial charge in [0, 0.05) is 21.9 Å². The molecule has 1 heterocycles. The highest BCUT2D eigenvalue weighted by molar-refractivity contribution is 6.24. The molecular formula is C64H48N2. The molecule has 0 amide bonds. The Morgan fingerprint density at radius 2 is 0.985 bits per heavy atom. The van der Waals surface area contributed by atoms with Crippen molar-refractivity contribution in [2.24, 2.45) is 0 Å². The Balaban J connectivity index is 0.902. The van der Waals surface area contributed by atoms with E-state index in [1.807, 2.05) is 12.1 Å². The van der Waals surface area contributed by atoms with Crippen molar-refractivity contribution in [2.75, 3.05) is 0 Å². The molecule has 0 N–H and O–H groups in total. The van der Waals surface area contributed by atoms with Crippen molar-refractivity contribution in [2.45, 2.75) is 45.4 Å². The molecule has 0 spiro atoms. The van der Waals surface area contributed by atoms with Crippen molar-refractivity contribution in [3.05, 3.63) is 221 Å². The summed E-state index contributed by atoms with van der Waals surface area (Å²) < 4.78 is 2.29. The maximum atomic E-state index is 9.59. The highest BCUT2D eigenvalue weighted by Crippen LogP contribution is 2.52. The third-order valence-electron chi connectivity index (χ3n) is 14.3. The van der Waals surface area contributed by atoms with Crippen molar-refractivity contribution in [3.8, 4) is 45.1 Å². The van der Waals surface area contributed by atoms with Crippen LogP contribution >= 0.6 is 0 Å². The minimum atomic E-state index is -0.193. The average molecular weight is 845 g/mol. The van der Waals surface area contributed by atoms with Gasteiger partial charge < -0.3 is 4.57 Å². The van der Waals surface area contributed by atoms with Crippen LogP contribution in [0.4, 0.5) is 0 Å². The second kappa shape index (κ2) is 14.8. The summed E-state index contributed by atoms with van der Waals surface area (Å²) in [7, 11) is 0. The molecule has 0 saturated carbocycles. The van der Waals surface area contributed by atoms with E-state index in [9.17, 15) is 5.26 Å². The quantitative estimate of drug-likeness (QED) is 0.125. The van der Waals surface area contributed by atoms with Gasteiger partial charge in [-0.05, 0) is 141 Å². The van der Waals surface area contributed by atoms with Crippen LogP contribution in [0.1, 0.15) is 68.0 Å². The Kier molecular flexibility index (Phi) is 8.86. The van der Waals surface area contributed by atoms with Crippen LogP contribution in [0.15, 0.2) is 188 Å². The first-order valence-corrected chi connectivity index (χ1v) is 23.1. The number of hydrogen-bond acceptors (Lipinski definition) is 1. The zero-order chi connectivity index (χ0) is 44.9. The molecule has 0 fully saturated rings. The highest BCUT2D eigenvalue weighted by Gasteiger charge is 2.36. The van der Waals surface area contributed by atoms with Gasteiger partial charge in [-0.15, -0.1) is 0 Å². The van der Waals surface area contributed by atoms with E-state index in [4.69, 9.17) is 0 Å². The Morgan fingerprint density at radius 1 is 0.455 bits per heavy atom. The Morgan fingerprint density at radius 3 is 1.65 bits per heavy atom. The lowest BCUT2D eigenvalue weighted by Crippen LogP contribution is -2.15. The molecular weight excluding hydrogens is 797 g/mol. The molecule has 0 aliphatic heterocycles. The number of rotatable bonds is 5. The van der Waals surface area contributed by atoms with Crippen LogP contribution in [0.25, 0.3) is 105 Å². The lowest BCUT2D eigenvalue weighted by Gasteiger charge is -2.24. The summed E-state index contributed by atoms with van der Waals surface area (Å²) in [4.78, 5) is 0. The van der Waals surface area contributed by atoms with Crippen LogP contribution in [-0.2, 0) is 10.8 Å². The van der Waals surface area contributed by atoms with E-state index < -0.39 is 0 Å². The molecule has 314 valence electrons. The summed E-state index contributed by atoms with van der Waals surface area (Å²) in [5.74, 6) is 0. The smallest absolute Gasteiger partial charge is 0.0991 e. The molecule has 0 atom stereocenters. The largest absolute Gasteiger partial charge is 0.309 e. The maximum absolute atomic E-state index is 9.59. The van der Waals surface area contributed by atoms with Gasteiger partial charge in [0.25, 0.3) is 0 Å². The summed E-state index contributed by atoms with van der Waals surface area (Å²) in [6.07, 6.45) is 4.45. The summed E-state index contributed by atoms with van der Waals surface area (Å²) in [5.41, 5.74) is 18.0. The fourth-order valence-electron chi connectivity index (χ4n) is 11.2. The predicted octanol–water partition coefficient (Wildman–Crippen LogP) is 17.2. The minimum Gasteiger partial charge on any atom is -0.309 e. The Hall–Kier alpha value is -7.99. The fourth-order valence-corrected chi connectivity index (χ4v) is 11.2. The first kappa shape index (κ1) is 39.6. The van der Waals surface area contributed by atoms with Crippen molar-refractivity contribution in [3.63, 3.8) is 0 Å². The van der Waals surface area contributed by atoms with Crippen LogP contribution in [0.5, 0.6) is 0 Å². The van der Waals surface area contributed by atoms with E-state index in [1.54, 1.807) is 0 Å². The van der Waals surface area contributed by atoms with E-state index in [-0.39, 0.29) is 10.8 Å². The van der Waals surface area contributed by atoms with Crippen molar-refractivity contribution in [1.29, 1.82) is 5.26 Å². The zero-order valence-electron chi connectivity index (χ0n) is 37.9. The molecule has 10 aromatic carbocycles. The van der Waals surface area contributed by atoms with Crippen molar-refractivity contribution in [1.82, 2.24) is 4.57 Å². The molecule has 0 bridgehead atoms. The molecule has 66 heavy (non-hydrogen) atoms. The molecule has 0 unspecified atom stereocenters. The molecule has 2 heteroatoms. The van der Waals surface area contributed by atoms with Gasteiger partial charge in [0.05, 0.1) is 22.7 Å². The van der Waals surface area contributed by atoms with Crippen LogP contribution < -0.4 is 0 Å². The SMILES string of the molecule is CC(C)(C)c1ccc(-c2c3ccccc3c(-c3ccc4c(c3)C(C)(C)c3cc(C=Cc5ccc(-n6c7ccccc7c7cc(C#N)ccc76)cc5)ccc3-4)c3ccccc23)c2ccccc12. The zero-order valence-corrected chi connectivity index (χ0v) is 37.9. The number of para-hydroxylation sites is 1. The predicted molar refractivity (Wildman–Crippen MR) is 281 cm³/mol. The molecule has 1 aromatic heterocycles. The number of fused-ring (bicyclic) bond motifs is 9. The fraction of sp³-hybridized carbons (Fsp3) is 0.109. The maximum Gasteiger partial charge on any atom is 0.0991 e. The number of benzene rings is 10. The van der Waals surface area contributed by atoms with Gasteiger partial charge in [-0.1, -0.05) is 192 Å². The molecule has 12 rings (SSSR count). The Bertz CT molecular complexity index is 3820. The number of nitriles is 1. The van der Waals surface area contributed by atoms with Crippen molar-refractivity contribution >= 4 is 66.3 Å². The van der Waals surface area contributed by atoms with Gasteiger partial charge in [-0.2, -0.15) is 5.26 Å². The van der Waals surface area contributed by atoms with Gasteiger partial charge in [-0.25, -0.2) is 0 Å². The first-order valence-electron chi connectivity index (χ1n) is 23.1. The van der Waals surface area contributed by atoms with E-state index in [0.717, 1.165) is 33.1 Å². The normalized spacial score (nSPS) is 13.3. The van der Waals surface area contributed by atoms with Crippen LogP contribution in [0.2, 0.25) is 0 Å². The second-order valence-corrected chi connectivity index (χ2v) is 19.6. The lowest BCUT2D eigenvalue weighted by molar-refractivity contribution is 0.596. The third kappa shape index (κ3) is 6.08. The summed E-state index contributed by atoms with van der Waals surface area (Å²) in [6.45, 7) is 11.7. The van der Waals surface area contributed by atoms with Gasteiger partial charge in [0.1, 0.15) is 0 Å². The molecule has 0 saturated heterocycles. The average Bonchev–Trinajstić information content (AvgIpc) is 3.79. The molecule has 1 aliphatic carbocycles. The molecule has 2 nitrogen and oxygen atoms in total. The van der Waals surface area contributed by atoms with Gasteiger partial charge >= 0.3 is 0 Å². The first-order chi connectivity index (χ1) is 32.1. The molecule has 1 aliphatic rings. The lowest BCUT2D eigenvalue weighted by atomic mass is 9.79. The van der Waals surface area contributed by atoms with Crippen LogP contribution in [0.3, 0.4) is 0 Å². The van der Waals surface area contributed by atoms with Gasteiger partial charge in [0.15, 0.2) is 0 Å². The number of aromatic nitrogens is 1. The van der Waals surface area contributed by atoms with E-state index in [0.29, 0.717) is 5.56 Å². The minimum absolute atomic E-state index is 0.0300. The monoisotopic (exact) mass is 844 g/mol. The third-order valence-corrected chi connectivity index (χ3v) is 14.3. The summed E-state index contributed by atoms with van der Waals surface area (Å²) >= 11 is 0. The van der Waals surface area contributed by atoms with Gasteiger partial charge in [0.2, 0.25) is 0 Å². The Labute approximate surface area is 386 Å². The van der Waals surface area contributed by atoms with E-state index in [1.165, 1.54) is 88.0 Å². The second-order valence-electron chi connectivity index (χ2n) is 19.6. The van der Waals surface area contributed by atoms with E-state index >= 15 is 0 Å².